The number of aromatic nitrogens is 2. The van der Waals surface area contributed by atoms with Crippen molar-refractivity contribution in [3.63, 3.8) is 0 Å². The number of amides is 3. The van der Waals surface area contributed by atoms with Gasteiger partial charge in [-0.15, -0.1) is 0 Å². The summed E-state index contributed by atoms with van der Waals surface area (Å²) in [5, 5.41) is 9.49. The van der Waals surface area contributed by atoms with Gasteiger partial charge >= 0.3 is 6.03 Å². The lowest BCUT2D eigenvalue weighted by Gasteiger charge is -2.36. The van der Waals surface area contributed by atoms with Gasteiger partial charge in [-0.25, -0.2) is 4.79 Å². The molecule has 1 atom stereocenters. The Labute approximate surface area is 147 Å². The molecule has 0 saturated carbocycles. The monoisotopic (exact) mass is 341 g/mol. The number of aromatic amines is 1. The summed E-state index contributed by atoms with van der Waals surface area (Å²) in [6.07, 6.45) is 5.80. The highest BCUT2D eigenvalue weighted by Gasteiger charge is 2.34. The molecule has 0 aliphatic carbocycles. The summed E-state index contributed by atoms with van der Waals surface area (Å²) in [5.74, 6) is -0.0232. The molecule has 1 aliphatic heterocycles. The quantitative estimate of drug-likeness (QED) is 0.870. The molecule has 0 spiro atoms. The molecule has 1 aliphatic rings. The van der Waals surface area contributed by atoms with Crippen molar-refractivity contribution >= 4 is 17.6 Å². The van der Waals surface area contributed by atoms with Crippen LogP contribution in [0.15, 0.2) is 42.7 Å². The lowest BCUT2D eigenvalue weighted by Crippen LogP contribution is -2.55. The summed E-state index contributed by atoms with van der Waals surface area (Å²) in [6, 6.07) is 8.95. The van der Waals surface area contributed by atoms with E-state index in [9.17, 15) is 9.59 Å². The van der Waals surface area contributed by atoms with E-state index in [0.717, 1.165) is 17.7 Å². The molecule has 1 unspecified atom stereocenters. The van der Waals surface area contributed by atoms with Crippen LogP contribution in [0.2, 0.25) is 0 Å². The van der Waals surface area contributed by atoms with Crippen LogP contribution in [0.4, 0.5) is 10.5 Å². The molecular formula is C18H23N5O2. The largest absolute Gasteiger partial charge is 0.338 e. The van der Waals surface area contributed by atoms with Crippen LogP contribution in [0.25, 0.3) is 0 Å². The molecule has 7 heteroatoms. The van der Waals surface area contributed by atoms with E-state index in [0.29, 0.717) is 25.9 Å². The van der Waals surface area contributed by atoms with E-state index in [1.807, 2.05) is 30.3 Å². The van der Waals surface area contributed by atoms with Crippen molar-refractivity contribution in [2.24, 2.45) is 0 Å². The van der Waals surface area contributed by atoms with E-state index < -0.39 is 6.04 Å². The van der Waals surface area contributed by atoms with Gasteiger partial charge in [0.15, 0.2) is 0 Å². The van der Waals surface area contributed by atoms with E-state index in [1.165, 1.54) is 4.90 Å². The SMILES string of the molecule is CN(C(=O)NCCc1cn[nH]c1)C1CCCN(c2ccccc2)C1=O. The van der Waals surface area contributed by atoms with Gasteiger partial charge in [0.2, 0.25) is 5.91 Å². The number of carbonyl (C=O) groups excluding carboxylic acids is 2. The number of hydrogen-bond donors (Lipinski definition) is 2. The number of nitrogens with one attached hydrogen (secondary N) is 2. The predicted molar refractivity (Wildman–Crippen MR) is 95.3 cm³/mol. The zero-order valence-electron chi connectivity index (χ0n) is 14.3. The number of anilines is 1. The first-order chi connectivity index (χ1) is 12.2. The van der Waals surface area contributed by atoms with Gasteiger partial charge in [-0.1, -0.05) is 18.2 Å². The maximum absolute atomic E-state index is 12.8. The van der Waals surface area contributed by atoms with Crippen molar-refractivity contribution in [3.05, 3.63) is 48.3 Å². The van der Waals surface area contributed by atoms with E-state index in [2.05, 4.69) is 15.5 Å². The Bertz CT molecular complexity index is 702. The Morgan fingerprint density at radius 3 is 2.92 bits per heavy atom. The third kappa shape index (κ3) is 3.99. The molecule has 3 amide bonds. The summed E-state index contributed by atoms with van der Waals surface area (Å²) in [5.41, 5.74) is 1.91. The summed E-state index contributed by atoms with van der Waals surface area (Å²) in [7, 11) is 1.68. The van der Waals surface area contributed by atoms with Crippen LogP contribution >= 0.6 is 0 Å². The first-order valence-corrected chi connectivity index (χ1v) is 8.51. The molecule has 2 aromatic rings. The van der Waals surface area contributed by atoms with Gasteiger partial charge in [0.1, 0.15) is 6.04 Å². The number of benzene rings is 1. The van der Waals surface area contributed by atoms with E-state index in [1.54, 1.807) is 24.3 Å². The molecule has 0 bridgehead atoms. The lowest BCUT2D eigenvalue weighted by atomic mass is 10.0. The maximum atomic E-state index is 12.8. The predicted octanol–water partition coefficient (Wildman–Crippen LogP) is 1.79. The third-order valence-electron chi connectivity index (χ3n) is 4.51. The van der Waals surface area contributed by atoms with Crippen LogP contribution in [-0.4, -0.2) is 53.2 Å². The van der Waals surface area contributed by atoms with Crippen LogP contribution < -0.4 is 10.2 Å². The highest BCUT2D eigenvalue weighted by atomic mass is 16.2. The Hall–Kier alpha value is -2.83. The van der Waals surface area contributed by atoms with Gasteiger partial charge in [0, 0.05) is 32.0 Å². The Balaban J connectivity index is 1.57. The van der Waals surface area contributed by atoms with Gasteiger partial charge in [0.05, 0.1) is 6.20 Å². The average Bonchev–Trinajstić information content (AvgIpc) is 3.15. The molecule has 1 saturated heterocycles. The molecule has 0 radical (unpaired) electrons. The molecule has 2 N–H and O–H groups in total. The number of hydrogen-bond acceptors (Lipinski definition) is 3. The maximum Gasteiger partial charge on any atom is 0.317 e. The Morgan fingerprint density at radius 1 is 1.40 bits per heavy atom. The van der Waals surface area contributed by atoms with Crippen molar-refractivity contribution < 1.29 is 9.59 Å². The zero-order chi connectivity index (χ0) is 17.6. The first-order valence-electron chi connectivity index (χ1n) is 8.51. The molecule has 2 heterocycles. The highest BCUT2D eigenvalue weighted by molar-refractivity contribution is 5.99. The average molecular weight is 341 g/mol. The summed E-state index contributed by atoms with van der Waals surface area (Å²) in [4.78, 5) is 28.5. The molecule has 132 valence electrons. The topological polar surface area (TPSA) is 81.3 Å². The molecular weight excluding hydrogens is 318 g/mol. The third-order valence-corrected chi connectivity index (χ3v) is 4.51. The van der Waals surface area contributed by atoms with Crippen molar-refractivity contribution in [1.29, 1.82) is 0 Å². The molecule has 7 nitrogen and oxygen atoms in total. The molecule has 1 aromatic carbocycles. The smallest absolute Gasteiger partial charge is 0.317 e. The first kappa shape index (κ1) is 17.0. The van der Waals surface area contributed by atoms with E-state index >= 15 is 0 Å². The van der Waals surface area contributed by atoms with E-state index in [4.69, 9.17) is 0 Å². The van der Waals surface area contributed by atoms with Gasteiger partial charge in [0.25, 0.3) is 0 Å². The van der Waals surface area contributed by atoms with E-state index in [-0.39, 0.29) is 11.9 Å². The fourth-order valence-electron chi connectivity index (χ4n) is 3.07. The minimum Gasteiger partial charge on any atom is -0.338 e. The van der Waals surface area contributed by atoms with Crippen molar-refractivity contribution in [1.82, 2.24) is 20.4 Å². The minimum absolute atomic E-state index is 0.0232. The van der Waals surface area contributed by atoms with Crippen molar-refractivity contribution in [3.8, 4) is 0 Å². The van der Waals surface area contributed by atoms with Crippen molar-refractivity contribution in [2.75, 3.05) is 25.0 Å². The second-order valence-corrected chi connectivity index (χ2v) is 6.18. The fourth-order valence-corrected chi connectivity index (χ4v) is 3.07. The number of nitrogens with zero attached hydrogens (tertiary/aromatic N) is 3. The van der Waals surface area contributed by atoms with Crippen molar-refractivity contribution in [2.45, 2.75) is 25.3 Å². The lowest BCUT2D eigenvalue weighted by molar-refractivity contribution is -0.123. The zero-order valence-corrected chi connectivity index (χ0v) is 14.3. The van der Waals surface area contributed by atoms with Gasteiger partial charge < -0.3 is 15.1 Å². The Kier molecular flexibility index (Phi) is 5.33. The number of likely N-dealkylation sites (N-methyl/N-ethyl adjacent to an activating group) is 1. The second-order valence-electron chi connectivity index (χ2n) is 6.18. The van der Waals surface area contributed by atoms with Crippen LogP contribution in [0.1, 0.15) is 18.4 Å². The Morgan fingerprint density at radius 2 is 2.20 bits per heavy atom. The molecule has 25 heavy (non-hydrogen) atoms. The number of urea groups is 1. The number of H-pyrrole nitrogens is 1. The van der Waals surface area contributed by atoms with Gasteiger partial charge in [-0.2, -0.15) is 5.10 Å². The number of carbonyl (C=O) groups is 2. The molecule has 1 aromatic heterocycles. The fraction of sp³-hybridized carbons (Fsp3) is 0.389. The van der Waals surface area contributed by atoms with Crippen LogP contribution in [0, 0.1) is 0 Å². The highest BCUT2D eigenvalue weighted by Crippen LogP contribution is 2.23. The molecule has 3 rings (SSSR count). The summed E-state index contributed by atoms with van der Waals surface area (Å²) < 4.78 is 0. The minimum atomic E-state index is -0.428. The number of para-hydroxylation sites is 1. The van der Waals surface area contributed by atoms with Crippen LogP contribution in [-0.2, 0) is 11.2 Å². The van der Waals surface area contributed by atoms with Gasteiger partial charge in [-0.3, -0.25) is 9.89 Å². The van der Waals surface area contributed by atoms with Crippen LogP contribution in [0.5, 0.6) is 0 Å². The number of rotatable bonds is 5. The normalized spacial score (nSPS) is 17.4. The standard InChI is InChI=1S/C18H23N5O2/c1-22(18(25)19-10-9-14-12-20-21-13-14)16-8-5-11-23(17(16)24)15-6-3-2-4-7-15/h2-4,6-7,12-13,16H,5,8-11H2,1H3,(H,19,25)(H,20,21). The van der Waals surface area contributed by atoms with Gasteiger partial charge in [-0.05, 0) is 37.0 Å². The summed E-state index contributed by atoms with van der Waals surface area (Å²) in [6.45, 7) is 1.20. The summed E-state index contributed by atoms with van der Waals surface area (Å²) >= 11 is 0. The second kappa shape index (κ2) is 7.83. The molecule has 1 fully saturated rings. The number of piperidine rings is 1. The van der Waals surface area contributed by atoms with Crippen LogP contribution in [0.3, 0.4) is 0 Å².